The van der Waals surface area contributed by atoms with Gasteiger partial charge in [-0.3, -0.25) is 9.59 Å². The molecule has 0 fully saturated rings. The van der Waals surface area contributed by atoms with E-state index in [-0.39, 0.29) is 18.7 Å². The van der Waals surface area contributed by atoms with Crippen LogP contribution in [-0.2, 0) is 25.6 Å². The Labute approximate surface area is 129 Å². The highest BCUT2D eigenvalue weighted by atomic mass is 16.5. The van der Waals surface area contributed by atoms with Gasteiger partial charge in [0.1, 0.15) is 5.54 Å². The third kappa shape index (κ3) is 2.68. The number of carbonyl (C=O) groups is 3. The minimum absolute atomic E-state index is 0.0300. The van der Waals surface area contributed by atoms with E-state index in [1.807, 2.05) is 12.1 Å². The lowest BCUT2D eigenvalue weighted by atomic mass is 9.93. The van der Waals surface area contributed by atoms with Crippen LogP contribution >= 0.6 is 0 Å². The quantitative estimate of drug-likeness (QED) is 0.771. The molecular formula is C16H19NO5. The molecule has 1 amide bonds. The summed E-state index contributed by atoms with van der Waals surface area (Å²) in [6.45, 7) is 1.94. The van der Waals surface area contributed by atoms with E-state index < -0.39 is 17.5 Å². The summed E-state index contributed by atoms with van der Waals surface area (Å²) in [5, 5.41) is 0. The second kappa shape index (κ2) is 6.17. The van der Waals surface area contributed by atoms with Gasteiger partial charge < -0.3 is 14.4 Å². The molecule has 1 aliphatic heterocycles. The molecule has 0 aromatic heterocycles. The SMILES string of the molecule is COC(=O)CC[C@](C)(C(=O)OC)N1Cc2ccccc2C1=O. The summed E-state index contributed by atoms with van der Waals surface area (Å²) in [7, 11) is 2.56. The van der Waals surface area contributed by atoms with Gasteiger partial charge in [-0.25, -0.2) is 4.79 Å². The lowest BCUT2D eigenvalue weighted by Gasteiger charge is -2.35. The van der Waals surface area contributed by atoms with E-state index in [0.29, 0.717) is 12.1 Å². The lowest BCUT2D eigenvalue weighted by Crippen LogP contribution is -2.53. The van der Waals surface area contributed by atoms with Crippen molar-refractivity contribution in [2.75, 3.05) is 14.2 Å². The maximum atomic E-state index is 12.6. The molecule has 0 saturated heterocycles. The van der Waals surface area contributed by atoms with Crippen LogP contribution in [0.4, 0.5) is 0 Å². The number of nitrogens with zero attached hydrogens (tertiary/aromatic N) is 1. The van der Waals surface area contributed by atoms with Gasteiger partial charge in [-0.2, -0.15) is 0 Å². The van der Waals surface area contributed by atoms with Gasteiger partial charge in [0.15, 0.2) is 0 Å². The van der Waals surface area contributed by atoms with Crippen molar-refractivity contribution in [1.82, 2.24) is 4.90 Å². The summed E-state index contributed by atoms with van der Waals surface area (Å²) in [5.74, 6) is -1.20. The topological polar surface area (TPSA) is 72.9 Å². The van der Waals surface area contributed by atoms with Crippen molar-refractivity contribution in [3.8, 4) is 0 Å². The standard InChI is InChI=1S/C16H19NO5/c1-16(15(20)22-3,9-8-13(18)21-2)17-10-11-6-4-5-7-12(11)14(17)19/h4-7H,8-10H2,1-3H3/t16-/m1/s1. The van der Waals surface area contributed by atoms with Gasteiger partial charge in [0.25, 0.3) is 5.91 Å². The number of fused-ring (bicyclic) bond motifs is 1. The Morgan fingerprint density at radius 2 is 1.91 bits per heavy atom. The molecule has 1 heterocycles. The van der Waals surface area contributed by atoms with E-state index >= 15 is 0 Å². The fourth-order valence-corrected chi connectivity index (χ4v) is 2.67. The molecule has 2 rings (SSSR count). The average molecular weight is 305 g/mol. The molecular weight excluding hydrogens is 286 g/mol. The van der Waals surface area contributed by atoms with Gasteiger partial charge in [-0.15, -0.1) is 0 Å². The number of benzene rings is 1. The first-order valence-corrected chi connectivity index (χ1v) is 6.99. The first-order chi connectivity index (χ1) is 10.4. The fourth-order valence-electron chi connectivity index (χ4n) is 2.67. The monoisotopic (exact) mass is 305 g/mol. The van der Waals surface area contributed by atoms with Crippen LogP contribution in [0, 0.1) is 0 Å². The van der Waals surface area contributed by atoms with E-state index in [9.17, 15) is 14.4 Å². The summed E-state index contributed by atoms with van der Waals surface area (Å²) in [6.07, 6.45) is 0.175. The Balaban J connectivity index is 2.29. The Morgan fingerprint density at radius 1 is 1.23 bits per heavy atom. The number of ether oxygens (including phenoxy) is 2. The number of carbonyl (C=O) groups excluding carboxylic acids is 3. The van der Waals surface area contributed by atoms with Crippen molar-refractivity contribution < 1.29 is 23.9 Å². The van der Waals surface area contributed by atoms with Gasteiger partial charge >= 0.3 is 11.9 Å². The van der Waals surface area contributed by atoms with Crippen LogP contribution in [0.2, 0.25) is 0 Å². The molecule has 1 aliphatic rings. The molecule has 22 heavy (non-hydrogen) atoms. The predicted molar refractivity (Wildman–Crippen MR) is 78.0 cm³/mol. The summed E-state index contributed by atoms with van der Waals surface area (Å²) in [6, 6.07) is 7.21. The van der Waals surface area contributed by atoms with Crippen molar-refractivity contribution in [3.63, 3.8) is 0 Å². The maximum Gasteiger partial charge on any atom is 0.331 e. The number of amides is 1. The summed E-state index contributed by atoms with van der Waals surface area (Å²) in [5.41, 5.74) is 0.232. The Kier molecular flexibility index (Phi) is 4.49. The zero-order valence-corrected chi connectivity index (χ0v) is 12.9. The normalized spacial score (nSPS) is 16.0. The molecule has 1 atom stereocenters. The van der Waals surface area contributed by atoms with Gasteiger partial charge in [-0.05, 0) is 25.0 Å². The van der Waals surface area contributed by atoms with Crippen molar-refractivity contribution in [2.24, 2.45) is 0 Å². The molecule has 0 bridgehead atoms. The van der Waals surface area contributed by atoms with Gasteiger partial charge in [-0.1, -0.05) is 18.2 Å². The van der Waals surface area contributed by atoms with Gasteiger partial charge in [0.2, 0.25) is 0 Å². The largest absolute Gasteiger partial charge is 0.469 e. The molecule has 1 aromatic rings. The molecule has 0 radical (unpaired) electrons. The lowest BCUT2D eigenvalue weighted by molar-refractivity contribution is -0.154. The second-order valence-corrected chi connectivity index (χ2v) is 5.39. The first-order valence-electron chi connectivity index (χ1n) is 6.99. The molecule has 0 aliphatic carbocycles. The van der Waals surface area contributed by atoms with E-state index in [1.165, 1.54) is 19.1 Å². The zero-order chi connectivity index (χ0) is 16.3. The van der Waals surface area contributed by atoms with Crippen LogP contribution in [-0.4, -0.2) is 42.5 Å². The molecule has 1 aromatic carbocycles. The van der Waals surface area contributed by atoms with E-state index in [1.54, 1.807) is 19.1 Å². The number of hydrogen-bond acceptors (Lipinski definition) is 5. The van der Waals surface area contributed by atoms with Crippen molar-refractivity contribution >= 4 is 17.8 Å². The molecule has 0 N–H and O–H groups in total. The van der Waals surface area contributed by atoms with Crippen LogP contribution < -0.4 is 0 Å². The Hall–Kier alpha value is -2.37. The number of hydrogen-bond donors (Lipinski definition) is 0. The van der Waals surface area contributed by atoms with Crippen LogP contribution in [0.1, 0.15) is 35.7 Å². The summed E-state index contributed by atoms with van der Waals surface area (Å²) >= 11 is 0. The smallest absolute Gasteiger partial charge is 0.331 e. The van der Waals surface area contributed by atoms with Crippen molar-refractivity contribution in [1.29, 1.82) is 0 Å². The maximum absolute atomic E-state index is 12.6. The molecule has 6 nitrogen and oxygen atoms in total. The zero-order valence-electron chi connectivity index (χ0n) is 12.9. The van der Waals surface area contributed by atoms with E-state index in [4.69, 9.17) is 4.74 Å². The third-order valence-corrected chi connectivity index (χ3v) is 4.09. The molecule has 0 unspecified atom stereocenters. The van der Waals surface area contributed by atoms with Crippen molar-refractivity contribution in [2.45, 2.75) is 31.8 Å². The third-order valence-electron chi connectivity index (χ3n) is 4.09. The highest BCUT2D eigenvalue weighted by Crippen LogP contribution is 2.33. The van der Waals surface area contributed by atoms with Crippen LogP contribution in [0.25, 0.3) is 0 Å². The molecule has 118 valence electrons. The number of esters is 2. The first kappa shape index (κ1) is 16.0. The fraction of sp³-hybridized carbons (Fsp3) is 0.438. The minimum atomic E-state index is -1.21. The molecule has 0 saturated carbocycles. The molecule has 6 heteroatoms. The highest BCUT2D eigenvalue weighted by Gasteiger charge is 2.46. The number of methoxy groups -OCH3 is 2. The highest BCUT2D eigenvalue weighted by molar-refractivity contribution is 6.01. The predicted octanol–water partition coefficient (Wildman–Crippen LogP) is 1.53. The van der Waals surface area contributed by atoms with Crippen LogP contribution in [0.5, 0.6) is 0 Å². The van der Waals surface area contributed by atoms with Crippen LogP contribution in [0.3, 0.4) is 0 Å². The van der Waals surface area contributed by atoms with Crippen molar-refractivity contribution in [3.05, 3.63) is 35.4 Å². The molecule has 0 spiro atoms. The Bertz CT molecular complexity index is 612. The van der Waals surface area contributed by atoms with Crippen LogP contribution in [0.15, 0.2) is 24.3 Å². The number of rotatable bonds is 5. The van der Waals surface area contributed by atoms with Gasteiger partial charge in [0, 0.05) is 18.5 Å². The second-order valence-electron chi connectivity index (χ2n) is 5.39. The minimum Gasteiger partial charge on any atom is -0.469 e. The summed E-state index contributed by atoms with van der Waals surface area (Å²) < 4.78 is 9.47. The Morgan fingerprint density at radius 3 is 2.50 bits per heavy atom. The van der Waals surface area contributed by atoms with E-state index in [0.717, 1.165) is 5.56 Å². The van der Waals surface area contributed by atoms with E-state index in [2.05, 4.69) is 4.74 Å². The van der Waals surface area contributed by atoms with Gasteiger partial charge in [0.05, 0.1) is 14.2 Å². The average Bonchev–Trinajstić information content (AvgIpc) is 2.89. The summed E-state index contributed by atoms with van der Waals surface area (Å²) in [4.78, 5) is 37.7.